The fourth-order valence-corrected chi connectivity index (χ4v) is 8.06. The van der Waals surface area contributed by atoms with Crippen LogP contribution in [-0.2, 0) is 23.9 Å². The molecule has 1 unspecified atom stereocenters. The summed E-state index contributed by atoms with van der Waals surface area (Å²) in [4.78, 5) is 37.1. The summed E-state index contributed by atoms with van der Waals surface area (Å²) in [7, 11) is 0. The highest BCUT2D eigenvalue weighted by Crippen LogP contribution is 2.69. The molecule has 0 aromatic heterocycles. The van der Waals surface area contributed by atoms with Gasteiger partial charge in [0.15, 0.2) is 17.7 Å². The van der Waals surface area contributed by atoms with Crippen LogP contribution in [0.5, 0.6) is 0 Å². The second-order valence-electron chi connectivity index (χ2n) is 10.8. The van der Waals surface area contributed by atoms with E-state index in [1.165, 1.54) is 0 Å². The van der Waals surface area contributed by atoms with Crippen molar-refractivity contribution in [1.82, 2.24) is 0 Å². The number of carboxylic acids is 1. The molecule has 4 fully saturated rings. The number of hydrogen-bond acceptors (Lipinski definition) is 6. The molecule has 5 rings (SSSR count). The summed E-state index contributed by atoms with van der Waals surface area (Å²) < 4.78 is 12.4. The Morgan fingerprint density at radius 3 is 2.72 bits per heavy atom. The highest BCUT2D eigenvalue weighted by molar-refractivity contribution is 6.36. The van der Waals surface area contributed by atoms with Crippen molar-refractivity contribution in [2.24, 2.45) is 28.6 Å². The highest BCUT2D eigenvalue weighted by Gasteiger charge is 2.76. The van der Waals surface area contributed by atoms with Crippen LogP contribution in [0.25, 0.3) is 0 Å². The van der Waals surface area contributed by atoms with Gasteiger partial charge in [0.05, 0.1) is 12.2 Å². The molecule has 0 spiro atoms. The van der Waals surface area contributed by atoms with Crippen LogP contribution < -0.4 is 0 Å². The zero-order valence-electron chi connectivity index (χ0n) is 18.9. The van der Waals surface area contributed by atoms with Crippen LogP contribution in [0.1, 0.15) is 59.3 Å². The zero-order valence-corrected chi connectivity index (χ0v) is 18.9. The number of aliphatic hydroxyl groups excluding tert-OH is 1. The van der Waals surface area contributed by atoms with Crippen molar-refractivity contribution in [2.45, 2.75) is 83.4 Å². The van der Waals surface area contributed by atoms with Gasteiger partial charge in [-0.15, -0.1) is 0 Å². The minimum Gasteiger partial charge on any atom is -0.475 e. The quantitative estimate of drug-likeness (QED) is 0.642. The Morgan fingerprint density at radius 1 is 1.28 bits per heavy atom. The van der Waals surface area contributed by atoms with Crippen LogP contribution in [0.15, 0.2) is 23.8 Å². The second kappa shape index (κ2) is 7.08. The molecule has 1 aliphatic heterocycles. The molecule has 174 valence electrons. The predicted molar refractivity (Wildman–Crippen MR) is 113 cm³/mol. The number of carbonyl (C=O) groups excluding carboxylic acids is 2. The van der Waals surface area contributed by atoms with Gasteiger partial charge < -0.3 is 19.7 Å². The van der Waals surface area contributed by atoms with Crippen LogP contribution >= 0.6 is 0 Å². The van der Waals surface area contributed by atoms with Crippen molar-refractivity contribution in [3.63, 3.8) is 0 Å². The van der Waals surface area contributed by atoms with Crippen LogP contribution in [0.4, 0.5) is 0 Å². The molecule has 0 bridgehead atoms. The lowest BCUT2D eigenvalue weighted by molar-refractivity contribution is -0.201. The number of aliphatic carboxylic acids is 1. The van der Waals surface area contributed by atoms with E-state index < -0.39 is 46.7 Å². The molecule has 0 aromatic rings. The van der Waals surface area contributed by atoms with Crippen molar-refractivity contribution >= 4 is 17.5 Å². The Hall–Kier alpha value is -1.83. The van der Waals surface area contributed by atoms with E-state index in [4.69, 9.17) is 9.47 Å². The lowest BCUT2D eigenvalue weighted by Crippen LogP contribution is -2.64. The lowest BCUT2D eigenvalue weighted by atomic mass is 9.46. The number of allylic oxidation sites excluding steroid dienone is 4. The number of rotatable bonds is 4. The molecule has 1 saturated heterocycles. The van der Waals surface area contributed by atoms with Crippen molar-refractivity contribution < 1.29 is 34.1 Å². The first-order valence-electron chi connectivity index (χ1n) is 11.8. The van der Waals surface area contributed by atoms with Gasteiger partial charge in [0.1, 0.15) is 0 Å². The Kier molecular flexibility index (Phi) is 4.87. The Bertz CT molecular complexity index is 937. The molecule has 4 aliphatic carbocycles. The van der Waals surface area contributed by atoms with Crippen LogP contribution in [0, 0.1) is 28.6 Å². The molecule has 0 amide bonds. The number of ether oxygens (including phenoxy) is 2. The van der Waals surface area contributed by atoms with E-state index in [1.54, 1.807) is 12.2 Å². The monoisotopic (exact) mass is 444 g/mol. The Labute approximate surface area is 187 Å². The first kappa shape index (κ1) is 22.0. The average molecular weight is 445 g/mol. The number of ketones is 2. The summed E-state index contributed by atoms with van der Waals surface area (Å²) in [6, 6.07) is 0. The van der Waals surface area contributed by atoms with Gasteiger partial charge >= 0.3 is 5.97 Å². The number of carbonyl (C=O) groups is 3. The molecule has 0 radical (unpaired) electrons. The van der Waals surface area contributed by atoms with Gasteiger partial charge in [-0.1, -0.05) is 38.8 Å². The Balaban J connectivity index is 1.57. The number of Topliss-reactive ketones (excluding diaryl/α,β-unsaturated/α-hetero) is 1. The van der Waals surface area contributed by atoms with Gasteiger partial charge in [-0.3, -0.25) is 9.59 Å². The van der Waals surface area contributed by atoms with Crippen LogP contribution in [0.3, 0.4) is 0 Å². The van der Waals surface area contributed by atoms with E-state index in [-0.39, 0.29) is 30.0 Å². The van der Waals surface area contributed by atoms with E-state index in [9.17, 15) is 24.6 Å². The molecule has 32 heavy (non-hydrogen) atoms. The molecule has 2 N–H and O–H groups in total. The third kappa shape index (κ3) is 2.62. The molecular weight excluding hydrogens is 412 g/mol. The van der Waals surface area contributed by atoms with Crippen molar-refractivity contribution in [3.8, 4) is 0 Å². The summed E-state index contributed by atoms with van der Waals surface area (Å²) in [6.45, 7) is 5.99. The van der Waals surface area contributed by atoms with E-state index >= 15 is 0 Å². The van der Waals surface area contributed by atoms with Gasteiger partial charge in [-0.05, 0) is 56.1 Å². The van der Waals surface area contributed by atoms with Gasteiger partial charge in [0.25, 0.3) is 5.78 Å². The minimum absolute atomic E-state index is 0.0174. The number of fused-ring (bicyclic) bond motifs is 7. The van der Waals surface area contributed by atoms with Crippen molar-refractivity contribution in [2.75, 3.05) is 0 Å². The maximum atomic E-state index is 13.2. The molecule has 7 heteroatoms. The smallest absolute Gasteiger partial charge is 0.375 e. The fraction of sp³-hybridized carbons (Fsp3) is 0.720. The second-order valence-corrected chi connectivity index (χ2v) is 10.8. The normalized spacial score (nSPS) is 49.0. The molecule has 3 saturated carbocycles. The van der Waals surface area contributed by atoms with Crippen molar-refractivity contribution in [3.05, 3.63) is 23.8 Å². The average Bonchev–Trinajstić information content (AvgIpc) is 3.20. The molecule has 0 aromatic carbocycles. The number of aliphatic hydroxyl groups is 1. The molecule has 1 heterocycles. The van der Waals surface area contributed by atoms with Gasteiger partial charge in [-0.2, -0.15) is 0 Å². The van der Waals surface area contributed by atoms with E-state index in [0.717, 1.165) is 24.8 Å². The SMILES string of the molecule is CCCC1O[C@@H]2C[C@H]3[C@@H]4CCC5=CC(=O)C=C[C@]5(C)[C@H]4[C@@H](O)C[C@]3(C)[C@]2(C(=O)C(=O)O)O1. The third-order valence-electron chi connectivity index (χ3n) is 9.35. The minimum atomic E-state index is -1.58. The standard InChI is InChI=1S/C25H32O7/c1-4-5-19-31-18-11-16-15-7-6-13-10-14(26)8-9-23(13,2)20(15)17(27)12-24(16,3)25(18,32-19)21(28)22(29)30/h8-10,15-20,27H,4-7,11-12H2,1-3H3,(H,29,30)/t15-,16-,17-,18+,19?,20+,23-,24-,25-/m0/s1. The van der Waals surface area contributed by atoms with Crippen LogP contribution in [0.2, 0.25) is 0 Å². The molecule has 7 nitrogen and oxygen atoms in total. The third-order valence-corrected chi connectivity index (χ3v) is 9.35. The summed E-state index contributed by atoms with van der Waals surface area (Å²) in [5, 5.41) is 21.2. The maximum Gasteiger partial charge on any atom is 0.375 e. The lowest BCUT2D eigenvalue weighted by Gasteiger charge is -2.59. The van der Waals surface area contributed by atoms with Crippen LogP contribution in [-0.4, -0.2) is 51.8 Å². The summed E-state index contributed by atoms with van der Waals surface area (Å²) in [5.41, 5.74) is -1.79. The van der Waals surface area contributed by atoms with Crippen molar-refractivity contribution in [1.29, 1.82) is 0 Å². The largest absolute Gasteiger partial charge is 0.475 e. The summed E-state index contributed by atoms with van der Waals surface area (Å²) >= 11 is 0. The highest BCUT2D eigenvalue weighted by atomic mass is 16.7. The first-order chi connectivity index (χ1) is 15.1. The maximum absolute atomic E-state index is 13.2. The first-order valence-corrected chi connectivity index (χ1v) is 11.8. The van der Waals surface area contributed by atoms with Gasteiger partial charge in [0.2, 0.25) is 0 Å². The Morgan fingerprint density at radius 2 is 2.03 bits per heavy atom. The molecule has 9 atom stereocenters. The van der Waals surface area contributed by atoms with Gasteiger partial charge in [-0.25, -0.2) is 4.79 Å². The number of carboxylic acid groups (broad SMARTS) is 1. The summed E-state index contributed by atoms with van der Waals surface area (Å²) in [5.74, 6) is -2.53. The zero-order chi connectivity index (χ0) is 23.1. The predicted octanol–water partition coefficient (Wildman–Crippen LogP) is 2.81. The van der Waals surface area contributed by atoms with E-state index in [1.807, 2.05) is 19.9 Å². The molecular formula is C25H32O7. The number of hydrogen-bond donors (Lipinski definition) is 2. The van der Waals surface area contributed by atoms with E-state index in [0.29, 0.717) is 12.8 Å². The fourth-order valence-electron chi connectivity index (χ4n) is 8.06. The van der Waals surface area contributed by atoms with E-state index in [2.05, 4.69) is 6.92 Å². The summed E-state index contributed by atoms with van der Waals surface area (Å²) in [6.07, 6.45) is 6.97. The molecule has 5 aliphatic rings. The topological polar surface area (TPSA) is 110 Å². The van der Waals surface area contributed by atoms with Gasteiger partial charge in [0, 0.05) is 16.7 Å².